The predicted molar refractivity (Wildman–Crippen MR) is 101 cm³/mol. The molecule has 1 amide bonds. The molecule has 0 aromatic heterocycles. The summed E-state index contributed by atoms with van der Waals surface area (Å²) in [5.74, 6) is -0.603. The van der Waals surface area contributed by atoms with Crippen LogP contribution in [0.2, 0.25) is 20.1 Å². The van der Waals surface area contributed by atoms with Crippen LogP contribution in [-0.4, -0.2) is 32.2 Å². The van der Waals surface area contributed by atoms with Gasteiger partial charge >= 0.3 is 0 Å². The lowest BCUT2D eigenvalue weighted by molar-refractivity contribution is -0.116. The van der Waals surface area contributed by atoms with E-state index in [-0.39, 0.29) is 30.7 Å². The number of nitrogens with one attached hydrogen (secondary N) is 1. The summed E-state index contributed by atoms with van der Waals surface area (Å²) in [6.45, 7) is -0.450. The molecule has 2 aromatic carbocycles. The zero-order valence-corrected chi connectivity index (χ0v) is 16.6. The Morgan fingerprint density at radius 2 is 1.56 bits per heavy atom. The van der Waals surface area contributed by atoms with Crippen molar-refractivity contribution in [3.05, 3.63) is 56.5 Å². The second-order valence-electron chi connectivity index (χ2n) is 5.01. The van der Waals surface area contributed by atoms with Gasteiger partial charge in [0.05, 0.1) is 27.2 Å². The van der Waals surface area contributed by atoms with E-state index < -0.39 is 22.5 Å². The largest absolute Gasteiger partial charge is 0.322 e. The van der Waals surface area contributed by atoms with Crippen LogP contribution in [0.1, 0.15) is 0 Å². The molecule has 0 aliphatic heterocycles. The van der Waals surface area contributed by atoms with Gasteiger partial charge in [0.15, 0.2) is 0 Å². The van der Waals surface area contributed by atoms with Crippen molar-refractivity contribution in [1.29, 1.82) is 0 Å². The number of amides is 1. The molecular formula is C15H12Cl4N2O3S. The molecule has 0 heterocycles. The van der Waals surface area contributed by atoms with Crippen LogP contribution < -0.4 is 5.32 Å². The molecule has 0 atom stereocenters. The highest BCUT2D eigenvalue weighted by Crippen LogP contribution is 2.30. The van der Waals surface area contributed by atoms with Crippen molar-refractivity contribution in [1.82, 2.24) is 4.31 Å². The fraction of sp³-hybridized carbons (Fsp3) is 0.133. The number of nitrogens with zero attached hydrogens (tertiary/aromatic N) is 1. The quantitative estimate of drug-likeness (QED) is 0.739. The van der Waals surface area contributed by atoms with Gasteiger partial charge in [-0.1, -0.05) is 52.5 Å². The van der Waals surface area contributed by atoms with Gasteiger partial charge in [-0.3, -0.25) is 4.79 Å². The lowest BCUT2D eigenvalue weighted by Crippen LogP contribution is -2.35. The highest BCUT2D eigenvalue weighted by Gasteiger charge is 2.24. The van der Waals surface area contributed by atoms with Crippen LogP contribution in [0.3, 0.4) is 0 Å². The van der Waals surface area contributed by atoms with Crippen LogP contribution in [0.25, 0.3) is 0 Å². The standard InChI is InChI=1S/C15H12Cl4N2O3S/c1-21(25(23,24)11-6-9(16)5-10(17)7-11)8-14(22)20-15-12(18)3-2-4-13(15)19/h2-7H,8H2,1H3,(H,20,22). The number of benzene rings is 2. The Morgan fingerprint density at radius 1 is 1.04 bits per heavy atom. The van der Waals surface area contributed by atoms with Gasteiger partial charge in [0.25, 0.3) is 0 Å². The van der Waals surface area contributed by atoms with Gasteiger partial charge < -0.3 is 5.32 Å². The lowest BCUT2D eigenvalue weighted by Gasteiger charge is -2.18. The van der Waals surface area contributed by atoms with E-state index in [9.17, 15) is 13.2 Å². The van der Waals surface area contributed by atoms with Gasteiger partial charge in [0.2, 0.25) is 15.9 Å². The van der Waals surface area contributed by atoms with Gasteiger partial charge in [-0.25, -0.2) is 8.42 Å². The summed E-state index contributed by atoms with van der Waals surface area (Å²) in [4.78, 5) is 12.0. The van der Waals surface area contributed by atoms with Gasteiger partial charge in [0.1, 0.15) is 0 Å². The summed E-state index contributed by atoms with van der Waals surface area (Å²) in [6.07, 6.45) is 0. The fourth-order valence-corrected chi connectivity index (χ4v) is 4.29. The minimum Gasteiger partial charge on any atom is -0.322 e. The van der Waals surface area contributed by atoms with Crippen molar-refractivity contribution in [2.24, 2.45) is 0 Å². The Kier molecular flexibility index (Phi) is 6.59. The molecule has 0 saturated carbocycles. The summed E-state index contributed by atoms with van der Waals surface area (Å²) in [7, 11) is -2.69. The van der Waals surface area contributed by atoms with E-state index in [0.717, 1.165) is 4.31 Å². The minimum atomic E-state index is -3.95. The van der Waals surface area contributed by atoms with Gasteiger partial charge in [-0.15, -0.1) is 0 Å². The summed E-state index contributed by atoms with van der Waals surface area (Å²) in [5.41, 5.74) is 0.215. The highest BCUT2D eigenvalue weighted by atomic mass is 35.5. The van der Waals surface area contributed by atoms with E-state index in [4.69, 9.17) is 46.4 Å². The number of para-hydroxylation sites is 1. The third kappa shape index (κ3) is 5.00. The Hall–Kier alpha value is -1.02. The normalized spacial score (nSPS) is 11.6. The molecule has 25 heavy (non-hydrogen) atoms. The first-order chi connectivity index (χ1) is 11.6. The van der Waals surface area contributed by atoms with Crippen LogP contribution >= 0.6 is 46.4 Å². The van der Waals surface area contributed by atoms with Gasteiger partial charge in [-0.05, 0) is 30.3 Å². The van der Waals surface area contributed by atoms with Crippen LogP contribution in [0.15, 0.2) is 41.3 Å². The summed E-state index contributed by atoms with van der Waals surface area (Å²) >= 11 is 23.6. The van der Waals surface area contributed by atoms with Crippen LogP contribution in [-0.2, 0) is 14.8 Å². The topological polar surface area (TPSA) is 66.5 Å². The fourth-order valence-electron chi connectivity index (χ4n) is 1.94. The molecule has 2 rings (SSSR count). The number of halogens is 4. The number of likely N-dealkylation sites (N-methyl/N-ethyl adjacent to an activating group) is 1. The van der Waals surface area contributed by atoms with E-state index in [1.54, 1.807) is 18.2 Å². The molecule has 5 nitrogen and oxygen atoms in total. The number of hydrogen-bond acceptors (Lipinski definition) is 3. The molecule has 0 spiro atoms. The van der Waals surface area contributed by atoms with E-state index in [2.05, 4.69) is 5.32 Å². The van der Waals surface area contributed by atoms with Crippen molar-refractivity contribution in [3.8, 4) is 0 Å². The average molecular weight is 442 g/mol. The smallest absolute Gasteiger partial charge is 0.243 e. The first-order valence-corrected chi connectivity index (χ1v) is 9.73. The SMILES string of the molecule is CN(CC(=O)Nc1c(Cl)cccc1Cl)S(=O)(=O)c1cc(Cl)cc(Cl)c1. The first kappa shape index (κ1) is 20.3. The molecule has 2 aromatic rings. The summed E-state index contributed by atoms with van der Waals surface area (Å²) in [5, 5.41) is 3.33. The average Bonchev–Trinajstić information content (AvgIpc) is 2.50. The van der Waals surface area contributed by atoms with E-state index in [0.29, 0.717) is 0 Å². The number of carbonyl (C=O) groups excluding carboxylic acids is 1. The van der Waals surface area contributed by atoms with Crippen molar-refractivity contribution in [2.75, 3.05) is 18.9 Å². The van der Waals surface area contributed by atoms with Gasteiger partial charge in [-0.2, -0.15) is 4.31 Å². The molecule has 10 heteroatoms. The number of hydrogen-bond donors (Lipinski definition) is 1. The second kappa shape index (κ2) is 8.12. The van der Waals surface area contributed by atoms with E-state index in [1.807, 2.05) is 0 Å². The monoisotopic (exact) mass is 440 g/mol. The Balaban J connectivity index is 2.17. The molecule has 0 bridgehead atoms. The predicted octanol–water partition coefficient (Wildman–Crippen LogP) is 4.56. The van der Waals surface area contributed by atoms with Crippen molar-refractivity contribution in [2.45, 2.75) is 4.90 Å². The maximum atomic E-state index is 12.5. The van der Waals surface area contributed by atoms with Crippen molar-refractivity contribution < 1.29 is 13.2 Å². The van der Waals surface area contributed by atoms with E-state index in [1.165, 1.54) is 25.2 Å². The minimum absolute atomic E-state index is 0.115. The van der Waals surface area contributed by atoms with Crippen molar-refractivity contribution in [3.63, 3.8) is 0 Å². The summed E-state index contributed by atoms with van der Waals surface area (Å²) < 4.78 is 25.9. The molecule has 0 unspecified atom stereocenters. The Morgan fingerprint density at radius 3 is 2.08 bits per heavy atom. The number of sulfonamides is 1. The molecule has 134 valence electrons. The Bertz CT molecular complexity index is 878. The van der Waals surface area contributed by atoms with Crippen molar-refractivity contribution >= 4 is 68.0 Å². The molecule has 0 aliphatic rings. The number of anilines is 1. The highest BCUT2D eigenvalue weighted by molar-refractivity contribution is 7.89. The van der Waals surface area contributed by atoms with E-state index >= 15 is 0 Å². The van der Waals surface area contributed by atoms with Crippen LogP contribution in [0, 0.1) is 0 Å². The molecule has 0 fully saturated rings. The number of rotatable bonds is 5. The molecular weight excluding hydrogens is 430 g/mol. The zero-order valence-electron chi connectivity index (χ0n) is 12.8. The van der Waals surface area contributed by atoms with Crippen LogP contribution in [0.4, 0.5) is 5.69 Å². The third-order valence-electron chi connectivity index (χ3n) is 3.14. The maximum Gasteiger partial charge on any atom is 0.243 e. The molecule has 0 saturated heterocycles. The molecule has 0 radical (unpaired) electrons. The second-order valence-corrected chi connectivity index (χ2v) is 8.74. The third-order valence-corrected chi connectivity index (χ3v) is 5.99. The lowest BCUT2D eigenvalue weighted by atomic mass is 10.3. The maximum absolute atomic E-state index is 12.5. The molecule has 1 N–H and O–H groups in total. The zero-order chi connectivity index (χ0) is 18.8. The number of carbonyl (C=O) groups is 1. The van der Waals surface area contributed by atoms with Crippen LogP contribution in [0.5, 0.6) is 0 Å². The summed E-state index contributed by atoms with van der Waals surface area (Å²) in [6, 6.07) is 8.65. The Labute approximate surface area is 165 Å². The van der Waals surface area contributed by atoms with Gasteiger partial charge in [0, 0.05) is 17.1 Å². The molecule has 0 aliphatic carbocycles. The first-order valence-electron chi connectivity index (χ1n) is 6.77.